The van der Waals surface area contributed by atoms with Crippen LogP contribution in [0.25, 0.3) is 11.0 Å². The van der Waals surface area contributed by atoms with Crippen LogP contribution in [0.3, 0.4) is 0 Å². The van der Waals surface area contributed by atoms with Crippen molar-refractivity contribution in [3.63, 3.8) is 0 Å². The minimum atomic E-state index is -0.741. The van der Waals surface area contributed by atoms with Crippen molar-refractivity contribution in [1.82, 2.24) is 9.55 Å². The Kier molecular flexibility index (Phi) is 6.65. The van der Waals surface area contributed by atoms with Crippen LogP contribution in [0, 0.1) is 13.8 Å². The highest BCUT2D eigenvalue weighted by Gasteiger charge is 2.35. The SMILES string of the molecule is COc1cccc(N2CC(c3nc4ccccc4n3CC(O)COc3ccc(C)c(C)c3)CC2=O)c1. The Morgan fingerprint density at radius 1 is 1.03 bits per heavy atom. The van der Waals surface area contributed by atoms with Crippen LogP contribution in [0.15, 0.2) is 66.7 Å². The van der Waals surface area contributed by atoms with Crippen LogP contribution >= 0.6 is 0 Å². The van der Waals surface area contributed by atoms with E-state index in [9.17, 15) is 9.90 Å². The van der Waals surface area contributed by atoms with Gasteiger partial charge in [0.15, 0.2) is 0 Å². The van der Waals surface area contributed by atoms with Crippen LogP contribution in [-0.2, 0) is 11.3 Å². The summed E-state index contributed by atoms with van der Waals surface area (Å²) in [5.41, 5.74) is 4.95. The van der Waals surface area contributed by atoms with Crippen LogP contribution < -0.4 is 14.4 Å². The van der Waals surface area contributed by atoms with Gasteiger partial charge in [0, 0.05) is 30.6 Å². The second kappa shape index (κ2) is 10.0. The molecule has 0 spiro atoms. The zero-order valence-electron chi connectivity index (χ0n) is 20.8. The van der Waals surface area contributed by atoms with Crippen molar-refractivity contribution >= 4 is 22.6 Å². The van der Waals surface area contributed by atoms with Gasteiger partial charge in [-0.1, -0.05) is 24.3 Å². The first kappa shape index (κ1) is 23.9. The highest BCUT2D eigenvalue weighted by atomic mass is 16.5. The van der Waals surface area contributed by atoms with Crippen molar-refractivity contribution < 1.29 is 19.4 Å². The smallest absolute Gasteiger partial charge is 0.227 e. The Balaban J connectivity index is 1.37. The fourth-order valence-corrected chi connectivity index (χ4v) is 4.77. The summed E-state index contributed by atoms with van der Waals surface area (Å²) in [6, 6.07) is 21.3. The van der Waals surface area contributed by atoms with Crippen LogP contribution in [0.2, 0.25) is 0 Å². The molecule has 7 heteroatoms. The molecule has 36 heavy (non-hydrogen) atoms. The maximum atomic E-state index is 13.0. The average Bonchev–Trinajstić information content (AvgIpc) is 3.45. The molecule has 1 aromatic heterocycles. The van der Waals surface area contributed by atoms with Crippen LogP contribution in [0.5, 0.6) is 11.5 Å². The molecule has 0 bridgehead atoms. The number of amides is 1. The van der Waals surface area contributed by atoms with Crippen LogP contribution in [0.1, 0.15) is 29.3 Å². The normalized spacial score (nSPS) is 16.5. The molecule has 1 N–H and O–H groups in total. The number of hydrogen-bond acceptors (Lipinski definition) is 5. The number of ether oxygens (including phenoxy) is 2. The Hall–Kier alpha value is -3.84. The van der Waals surface area contributed by atoms with Crippen molar-refractivity contribution in [2.75, 3.05) is 25.2 Å². The van der Waals surface area contributed by atoms with Crippen LogP contribution in [0.4, 0.5) is 5.69 Å². The van der Waals surface area contributed by atoms with E-state index in [-0.39, 0.29) is 18.4 Å². The molecule has 4 aromatic rings. The van der Waals surface area contributed by atoms with Gasteiger partial charge in [-0.2, -0.15) is 0 Å². The first-order valence-corrected chi connectivity index (χ1v) is 12.2. The van der Waals surface area contributed by atoms with E-state index in [1.165, 1.54) is 5.56 Å². The van der Waals surface area contributed by atoms with E-state index in [0.29, 0.717) is 25.3 Å². The van der Waals surface area contributed by atoms with E-state index in [1.807, 2.05) is 78.2 Å². The Morgan fingerprint density at radius 3 is 2.67 bits per heavy atom. The number of aliphatic hydroxyl groups excluding tert-OH is 1. The topological polar surface area (TPSA) is 76.8 Å². The number of imidazole rings is 1. The van der Waals surface area contributed by atoms with Gasteiger partial charge in [-0.15, -0.1) is 0 Å². The summed E-state index contributed by atoms with van der Waals surface area (Å²) in [4.78, 5) is 19.7. The number of para-hydroxylation sites is 2. The van der Waals surface area contributed by atoms with Gasteiger partial charge in [0.25, 0.3) is 0 Å². The number of aryl methyl sites for hydroxylation is 2. The third-order valence-electron chi connectivity index (χ3n) is 6.85. The first-order valence-electron chi connectivity index (χ1n) is 12.2. The molecule has 5 rings (SSSR count). The summed E-state index contributed by atoms with van der Waals surface area (Å²) in [5.74, 6) is 2.21. The summed E-state index contributed by atoms with van der Waals surface area (Å²) < 4.78 is 13.3. The molecular formula is C29H31N3O4. The largest absolute Gasteiger partial charge is 0.497 e. The van der Waals surface area contributed by atoms with Gasteiger partial charge in [-0.3, -0.25) is 4.79 Å². The summed E-state index contributed by atoms with van der Waals surface area (Å²) >= 11 is 0. The molecule has 186 valence electrons. The fourth-order valence-electron chi connectivity index (χ4n) is 4.77. The predicted octanol–water partition coefficient (Wildman–Crippen LogP) is 4.62. The number of fused-ring (bicyclic) bond motifs is 1. The standard InChI is InChI=1S/C29H31N3O4/c1-19-11-12-25(13-20(19)2)36-18-23(33)17-32-27-10-5-4-9-26(27)30-29(32)21-14-28(34)31(16-21)22-7-6-8-24(15-22)35-3/h4-13,15,21,23,33H,14,16-18H2,1-3H3. The van der Waals surface area contributed by atoms with Gasteiger partial charge in [0.05, 0.1) is 24.7 Å². The Bertz CT molecular complexity index is 1400. The Labute approximate surface area is 210 Å². The lowest BCUT2D eigenvalue weighted by Gasteiger charge is -2.19. The molecule has 1 aliphatic rings. The highest BCUT2D eigenvalue weighted by Crippen LogP contribution is 2.34. The molecule has 3 aromatic carbocycles. The van der Waals surface area contributed by atoms with E-state index in [2.05, 4.69) is 6.92 Å². The van der Waals surface area contributed by atoms with Gasteiger partial charge >= 0.3 is 0 Å². The lowest BCUT2D eigenvalue weighted by atomic mass is 10.1. The van der Waals surface area contributed by atoms with Crippen LogP contribution in [-0.4, -0.2) is 46.9 Å². The maximum Gasteiger partial charge on any atom is 0.227 e. The lowest BCUT2D eigenvalue weighted by Crippen LogP contribution is -2.26. The van der Waals surface area contributed by atoms with Crippen molar-refractivity contribution in [2.24, 2.45) is 0 Å². The van der Waals surface area contributed by atoms with Gasteiger partial charge in [0.2, 0.25) is 5.91 Å². The summed E-state index contributed by atoms with van der Waals surface area (Å²) in [6.07, 6.45) is -0.384. The third kappa shape index (κ3) is 4.79. The first-order chi connectivity index (χ1) is 17.4. The molecule has 0 aliphatic carbocycles. The molecule has 2 heterocycles. The minimum Gasteiger partial charge on any atom is -0.497 e. The van der Waals surface area contributed by atoms with Gasteiger partial charge in [-0.25, -0.2) is 4.98 Å². The van der Waals surface area contributed by atoms with Gasteiger partial charge in [-0.05, 0) is 61.4 Å². The van der Waals surface area contributed by atoms with Crippen molar-refractivity contribution in [3.05, 3.63) is 83.7 Å². The van der Waals surface area contributed by atoms with Crippen molar-refractivity contribution in [3.8, 4) is 11.5 Å². The van der Waals surface area contributed by atoms with E-state index in [4.69, 9.17) is 14.5 Å². The van der Waals surface area contributed by atoms with Gasteiger partial charge < -0.3 is 24.0 Å². The fraction of sp³-hybridized carbons (Fsp3) is 0.310. The van der Waals surface area contributed by atoms with E-state index in [0.717, 1.165) is 33.9 Å². The summed E-state index contributed by atoms with van der Waals surface area (Å²) in [6.45, 7) is 5.10. The van der Waals surface area contributed by atoms with Crippen molar-refractivity contribution in [1.29, 1.82) is 0 Å². The molecule has 7 nitrogen and oxygen atoms in total. The summed E-state index contributed by atoms with van der Waals surface area (Å²) in [7, 11) is 1.62. The number of aromatic nitrogens is 2. The molecule has 0 saturated carbocycles. The number of anilines is 1. The third-order valence-corrected chi connectivity index (χ3v) is 6.85. The summed E-state index contributed by atoms with van der Waals surface area (Å²) in [5, 5.41) is 10.9. The number of nitrogens with zero attached hydrogens (tertiary/aromatic N) is 3. The second-order valence-corrected chi connectivity index (χ2v) is 9.39. The van der Waals surface area contributed by atoms with E-state index >= 15 is 0 Å². The number of carbonyl (C=O) groups excluding carboxylic acids is 1. The predicted molar refractivity (Wildman–Crippen MR) is 140 cm³/mol. The number of rotatable bonds is 8. The molecule has 1 amide bonds. The lowest BCUT2D eigenvalue weighted by molar-refractivity contribution is -0.117. The number of carbonyl (C=O) groups is 1. The molecule has 2 unspecified atom stereocenters. The maximum absolute atomic E-state index is 13.0. The quantitative estimate of drug-likeness (QED) is 0.394. The van der Waals surface area contributed by atoms with E-state index < -0.39 is 6.10 Å². The highest BCUT2D eigenvalue weighted by molar-refractivity contribution is 5.96. The Morgan fingerprint density at radius 2 is 1.86 bits per heavy atom. The van der Waals surface area contributed by atoms with E-state index in [1.54, 1.807) is 12.0 Å². The average molecular weight is 486 g/mol. The molecule has 2 atom stereocenters. The minimum absolute atomic E-state index is 0.0467. The number of hydrogen-bond donors (Lipinski definition) is 1. The zero-order valence-corrected chi connectivity index (χ0v) is 20.8. The number of aliphatic hydroxyl groups is 1. The molecular weight excluding hydrogens is 454 g/mol. The molecule has 1 fully saturated rings. The number of methoxy groups -OCH3 is 1. The number of benzene rings is 3. The van der Waals surface area contributed by atoms with Crippen molar-refractivity contribution in [2.45, 2.75) is 38.8 Å². The zero-order chi connectivity index (χ0) is 25.2. The molecule has 0 radical (unpaired) electrons. The molecule has 1 aliphatic heterocycles. The molecule has 1 saturated heterocycles. The second-order valence-electron chi connectivity index (χ2n) is 9.39. The van der Waals surface area contributed by atoms with Gasteiger partial charge in [0.1, 0.15) is 30.0 Å². The monoisotopic (exact) mass is 485 g/mol.